The lowest BCUT2D eigenvalue weighted by Crippen LogP contribution is -2.46. The minimum absolute atomic E-state index is 0.0272. The number of likely N-dealkylation sites (tertiary alicyclic amines) is 1. The molecule has 0 aliphatic carbocycles. The number of anilines is 1. The molecule has 3 aromatic rings. The van der Waals surface area contributed by atoms with E-state index in [1.54, 1.807) is 36.4 Å². The number of hydrogen-bond donors (Lipinski definition) is 0. The van der Waals surface area contributed by atoms with Crippen LogP contribution in [0, 0.1) is 0 Å². The average Bonchev–Trinajstić information content (AvgIpc) is 3.24. The Hall–Kier alpha value is -2.61. The summed E-state index contributed by atoms with van der Waals surface area (Å²) >= 11 is 6.34. The molecule has 0 aromatic heterocycles. The molecule has 2 aliphatic rings. The zero-order valence-electron chi connectivity index (χ0n) is 19.3. The van der Waals surface area contributed by atoms with Gasteiger partial charge in [-0.3, -0.25) is 9.10 Å². The number of amides is 1. The lowest BCUT2D eigenvalue weighted by Gasteiger charge is -2.36. The summed E-state index contributed by atoms with van der Waals surface area (Å²) in [5.74, 6) is -0.560. The molecular weight excluding hydrogens is 470 g/mol. The maximum atomic E-state index is 14.0. The van der Waals surface area contributed by atoms with E-state index in [1.165, 1.54) is 4.31 Å². The average molecular weight is 498 g/mol. The summed E-state index contributed by atoms with van der Waals surface area (Å²) < 4.78 is 29.3. The molecule has 3 aromatic carbocycles. The van der Waals surface area contributed by atoms with E-state index < -0.39 is 15.9 Å². The van der Waals surface area contributed by atoms with Crippen molar-refractivity contribution >= 4 is 44.0 Å². The lowest BCUT2D eigenvalue weighted by atomic mass is 9.97. The highest BCUT2D eigenvalue weighted by Gasteiger charge is 2.42. The van der Waals surface area contributed by atoms with E-state index in [0.717, 1.165) is 31.5 Å². The third kappa shape index (κ3) is 3.85. The topological polar surface area (TPSA) is 60.9 Å². The highest BCUT2D eigenvalue weighted by Crippen LogP contribution is 2.42. The number of para-hydroxylation sites is 1. The van der Waals surface area contributed by atoms with Gasteiger partial charge in [0, 0.05) is 28.9 Å². The Morgan fingerprint density at radius 1 is 0.971 bits per heavy atom. The van der Waals surface area contributed by atoms with E-state index in [9.17, 15) is 13.2 Å². The van der Waals surface area contributed by atoms with Gasteiger partial charge >= 0.3 is 0 Å². The molecule has 1 fully saturated rings. The van der Waals surface area contributed by atoms with Crippen LogP contribution in [-0.4, -0.2) is 63.9 Å². The molecule has 0 saturated carbocycles. The standard InChI is InChI=1S/C26H28ClN3O3S/c1-28-15-13-18(14-16-28)29(2)26(31)22-17-30(24-11-4-3-7-20(22)24)34(32,33)25-12-6-8-19-21(25)9-5-10-23(19)27/h3-12,18,22H,13-17H2,1-2H3. The molecule has 2 aliphatic heterocycles. The Kier molecular flexibility index (Phi) is 6.04. The first kappa shape index (κ1) is 23.1. The van der Waals surface area contributed by atoms with E-state index in [0.29, 0.717) is 21.5 Å². The van der Waals surface area contributed by atoms with Crippen LogP contribution in [-0.2, 0) is 14.8 Å². The molecule has 6 nitrogen and oxygen atoms in total. The third-order valence-corrected chi connectivity index (χ3v) is 9.38. The fraction of sp³-hybridized carbons (Fsp3) is 0.346. The molecule has 5 rings (SSSR count). The van der Waals surface area contributed by atoms with Gasteiger partial charge in [-0.2, -0.15) is 0 Å². The highest BCUT2D eigenvalue weighted by atomic mass is 35.5. The Labute approximate surface area is 205 Å². The number of sulfonamides is 1. The molecule has 0 bridgehead atoms. The second kappa shape index (κ2) is 8.87. The van der Waals surface area contributed by atoms with Crippen molar-refractivity contribution < 1.29 is 13.2 Å². The Morgan fingerprint density at radius 3 is 2.41 bits per heavy atom. The molecule has 178 valence electrons. The first-order valence-corrected chi connectivity index (χ1v) is 13.3. The highest BCUT2D eigenvalue weighted by molar-refractivity contribution is 7.93. The predicted molar refractivity (Wildman–Crippen MR) is 136 cm³/mol. The molecule has 0 N–H and O–H groups in total. The summed E-state index contributed by atoms with van der Waals surface area (Å²) in [5, 5.41) is 1.77. The number of benzene rings is 3. The fourth-order valence-corrected chi connectivity index (χ4v) is 7.16. The van der Waals surface area contributed by atoms with E-state index in [4.69, 9.17) is 11.6 Å². The summed E-state index contributed by atoms with van der Waals surface area (Å²) in [6.07, 6.45) is 1.85. The maximum Gasteiger partial charge on any atom is 0.264 e. The Morgan fingerprint density at radius 2 is 1.65 bits per heavy atom. The zero-order valence-corrected chi connectivity index (χ0v) is 20.9. The van der Waals surface area contributed by atoms with Crippen LogP contribution in [0.4, 0.5) is 5.69 Å². The quantitative estimate of drug-likeness (QED) is 0.538. The van der Waals surface area contributed by atoms with Gasteiger partial charge in [-0.25, -0.2) is 8.42 Å². The molecule has 1 saturated heterocycles. The minimum atomic E-state index is -3.92. The van der Waals surface area contributed by atoms with E-state index in [1.807, 2.05) is 36.2 Å². The van der Waals surface area contributed by atoms with Gasteiger partial charge in [0.15, 0.2) is 0 Å². The van der Waals surface area contributed by atoms with Crippen molar-refractivity contribution in [3.8, 4) is 0 Å². The molecule has 1 amide bonds. The fourth-order valence-electron chi connectivity index (χ4n) is 5.21. The van der Waals surface area contributed by atoms with Crippen molar-refractivity contribution in [1.82, 2.24) is 9.80 Å². The SMILES string of the molecule is CN1CCC(N(C)C(=O)C2CN(S(=O)(=O)c3cccc4c(Cl)cccc34)c3ccccc32)CC1. The molecule has 1 unspecified atom stereocenters. The van der Waals surface area contributed by atoms with Crippen molar-refractivity contribution in [3.63, 3.8) is 0 Å². The van der Waals surface area contributed by atoms with Crippen LogP contribution in [0.3, 0.4) is 0 Å². The first-order valence-electron chi connectivity index (χ1n) is 11.5. The second-order valence-corrected chi connectivity index (χ2v) is 11.5. The van der Waals surface area contributed by atoms with Crippen LogP contribution in [0.15, 0.2) is 65.6 Å². The van der Waals surface area contributed by atoms with Crippen molar-refractivity contribution in [3.05, 3.63) is 71.2 Å². The van der Waals surface area contributed by atoms with E-state index >= 15 is 0 Å². The number of halogens is 1. The molecule has 34 heavy (non-hydrogen) atoms. The number of piperidine rings is 1. The molecule has 8 heteroatoms. The van der Waals surface area contributed by atoms with Crippen LogP contribution in [0.25, 0.3) is 10.8 Å². The van der Waals surface area contributed by atoms with Gasteiger partial charge in [0.05, 0.1) is 23.0 Å². The van der Waals surface area contributed by atoms with Crippen molar-refractivity contribution in [1.29, 1.82) is 0 Å². The zero-order chi connectivity index (χ0) is 24.0. The van der Waals surface area contributed by atoms with Gasteiger partial charge in [0.1, 0.15) is 0 Å². The summed E-state index contributed by atoms with van der Waals surface area (Å²) in [6.45, 7) is 2.00. The van der Waals surface area contributed by atoms with Gasteiger partial charge in [-0.15, -0.1) is 0 Å². The predicted octanol–water partition coefficient (Wildman–Crippen LogP) is 4.34. The normalized spacial score (nSPS) is 19.4. The Balaban J connectivity index is 1.51. The number of carbonyl (C=O) groups is 1. The molecular formula is C26H28ClN3O3S. The third-order valence-electron chi connectivity index (χ3n) is 7.21. The van der Waals surface area contributed by atoms with Crippen molar-refractivity contribution in [2.75, 3.05) is 38.0 Å². The van der Waals surface area contributed by atoms with E-state index in [2.05, 4.69) is 11.9 Å². The Bertz CT molecular complexity index is 1350. The van der Waals surface area contributed by atoms with Crippen LogP contribution < -0.4 is 4.31 Å². The summed E-state index contributed by atoms with van der Waals surface area (Å²) in [4.78, 5) is 17.9. The number of nitrogens with zero attached hydrogens (tertiary/aromatic N) is 3. The number of rotatable bonds is 4. The summed E-state index contributed by atoms with van der Waals surface area (Å²) in [5.41, 5.74) is 1.32. The van der Waals surface area contributed by atoms with Gasteiger partial charge in [-0.1, -0.05) is 54.1 Å². The molecule has 1 atom stereocenters. The maximum absolute atomic E-state index is 14.0. The monoisotopic (exact) mass is 497 g/mol. The second-order valence-electron chi connectivity index (χ2n) is 9.22. The smallest absolute Gasteiger partial charge is 0.264 e. The summed E-state index contributed by atoms with van der Waals surface area (Å²) in [7, 11) is 0.0212. The van der Waals surface area contributed by atoms with Crippen LogP contribution in [0.5, 0.6) is 0 Å². The van der Waals surface area contributed by atoms with Crippen LogP contribution >= 0.6 is 11.6 Å². The largest absolute Gasteiger partial charge is 0.342 e. The van der Waals surface area contributed by atoms with E-state index in [-0.39, 0.29) is 23.4 Å². The summed E-state index contributed by atoms with van der Waals surface area (Å²) in [6, 6.07) is 17.9. The molecule has 0 spiro atoms. The number of fused-ring (bicyclic) bond motifs is 2. The number of hydrogen-bond acceptors (Lipinski definition) is 4. The van der Waals surface area contributed by atoms with Gasteiger partial charge in [-0.05, 0) is 56.7 Å². The van der Waals surface area contributed by atoms with Crippen LogP contribution in [0.1, 0.15) is 24.3 Å². The van der Waals surface area contributed by atoms with Gasteiger partial charge in [0.25, 0.3) is 10.0 Å². The van der Waals surface area contributed by atoms with Crippen molar-refractivity contribution in [2.24, 2.45) is 0 Å². The number of likely N-dealkylation sites (N-methyl/N-ethyl adjacent to an activating group) is 1. The van der Waals surface area contributed by atoms with Gasteiger partial charge in [0.2, 0.25) is 5.91 Å². The molecule has 2 heterocycles. The van der Waals surface area contributed by atoms with Gasteiger partial charge < -0.3 is 9.80 Å². The molecule has 0 radical (unpaired) electrons. The van der Waals surface area contributed by atoms with Crippen molar-refractivity contribution in [2.45, 2.75) is 29.7 Å². The lowest BCUT2D eigenvalue weighted by molar-refractivity contribution is -0.134. The first-order chi connectivity index (χ1) is 16.3. The van der Waals surface area contributed by atoms with Crippen LogP contribution in [0.2, 0.25) is 5.02 Å². The number of carbonyl (C=O) groups excluding carboxylic acids is 1. The minimum Gasteiger partial charge on any atom is -0.342 e.